The van der Waals surface area contributed by atoms with Crippen LogP contribution in [0.4, 0.5) is 4.39 Å². The lowest BCUT2D eigenvalue weighted by Crippen LogP contribution is -2.56. The van der Waals surface area contributed by atoms with E-state index < -0.39 is 11.9 Å². The van der Waals surface area contributed by atoms with Crippen molar-refractivity contribution >= 4 is 23.4 Å². The summed E-state index contributed by atoms with van der Waals surface area (Å²) in [6.07, 6.45) is 0.431. The SMILES string of the molecule is O=C(CC1C(=O)NCCN1Cc1c(F)cccc1Cl)NCCCO. The van der Waals surface area contributed by atoms with Crippen molar-refractivity contribution in [3.8, 4) is 0 Å². The maximum absolute atomic E-state index is 14.0. The largest absolute Gasteiger partial charge is 0.396 e. The predicted molar refractivity (Wildman–Crippen MR) is 87.9 cm³/mol. The third-order valence-corrected chi connectivity index (χ3v) is 4.25. The summed E-state index contributed by atoms with van der Waals surface area (Å²) in [5.74, 6) is -0.972. The molecule has 1 aromatic rings. The smallest absolute Gasteiger partial charge is 0.237 e. The monoisotopic (exact) mass is 357 g/mol. The van der Waals surface area contributed by atoms with Crippen LogP contribution < -0.4 is 10.6 Å². The predicted octanol–water partition coefficient (Wildman–Crippen LogP) is 0.668. The first kappa shape index (κ1) is 18.6. The molecule has 1 fully saturated rings. The highest BCUT2D eigenvalue weighted by Crippen LogP contribution is 2.23. The zero-order valence-electron chi connectivity index (χ0n) is 13.2. The normalized spacial score (nSPS) is 18.3. The molecule has 0 aromatic heterocycles. The summed E-state index contributed by atoms with van der Waals surface area (Å²) >= 11 is 6.05. The maximum atomic E-state index is 14.0. The highest BCUT2D eigenvalue weighted by molar-refractivity contribution is 6.31. The van der Waals surface area contributed by atoms with Crippen molar-refractivity contribution in [1.82, 2.24) is 15.5 Å². The van der Waals surface area contributed by atoms with Crippen LogP contribution in [0.5, 0.6) is 0 Å². The number of piperazine rings is 1. The first-order valence-electron chi connectivity index (χ1n) is 7.85. The van der Waals surface area contributed by atoms with Crippen LogP contribution in [0.2, 0.25) is 5.02 Å². The summed E-state index contributed by atoms with van der Waals surface area (Å²) < 4.78 is 14.0. The molecule has 0 aliphatic carbocycles. The molecular formula is C16H21ClFN3O3. The molecule has 1 atom stereocenters. The van der Waals surface area contributed by atoms with Crippen molar-refractivity contribution in [3.63, 3.8) is 0 Å². The molecule has 0 bridgehead atoms. The summed E-state index contributed by atoms with van der Waals surface area (Å²) in [6, 6.07) is 3.77. The number of amides is 2. The van der Waals surface area contributed by atoms with Gasteiger partial charge in [-0.2, -0.15) is 0 Å². The third-order valence-electron chi connectivity index (χ3n) is 3.90. The first-order valence-corrected chi connectivity index (χ1v) is 8.23. The Morgan fingerprint density at radius 1 is 1.50 bits per heavy atom. The van der Waals surface area contributed by atoms with Gasteiger partial charge in [0.25, 0.3) is 0 Å². The van der Waals surface area contributed by atoms with E-state index in [-0.39, 0.29) is 31.4 Å². The number of hydrogen-bond donors (Lipinski definition) is 3. The van der Waals surface area contributed by atoms with E-state index in [9.17, 15) is 14.0 Å². The van der Waals surface area contributed by atoms with Crippen LogP contribution in [0.1, 0.15) is 18.4 Å². The molecule has 1 aliphatic rings. The molecule has 0 saturated carbocycles. The van der Waals surface area contributed by atoms with E-state index in [1.807, 2.05) is 0 Å². The Morgan fingerprint density at radius 2 is 2.29 bits per heavy atom. The zero-order valence-corrected chi connectivity index (χ0v) is 14.0. The molecule has 1 heterocycles. The zero-order chi connectivity index (χ0) is 17.5. The van der Waals surface area contributed by atoms with E-state index in [2.05, 4.69) is 10.6 Å². The summed E-state index contributed by atoms with van der Waals surface area (Å²) in [4.78, 5) is 25.9. The van der Waals surface area contributed by atoms with Gasteiger partial charge in [0, 0.05) is 43.4 Å². The number of aliphatic hydroxyl groups excluding tert-OH is 1. The number of nitrogens with zero attached hydrogens (tertiary/aromatic N) is 1. The summed E-state index contributed by atoms with van der Waals surface area (Å²) in [5.41, 5.74) is 0.319. The number of carbonyl (C=O) groups is 2. The van der Waals surface area contributed by atoms with Crippen molar-refractivity contribution in [2.45, 2.75) is 25.4 Å². The van der Waals surface area contributed by atoms with Gasteiger partial charge in [0.15, 0.2) is 0 Å². The summed E-state index contributed by atoms with van der Waals surface area (Å²) in [6.45, 7) is 1.44. The Bertz CT molecular complexity index is 580. The van der Waals surface area contributed by atoms with Crippen LogP contribution in [0.25, 0.3) is 0 Å². The second kappa shape index (κ2) is 8.96. The van der Waals surface area contributed by atoms with Crippen LogP contribution in [0.15, 0.2) is 18.2 Å². The summed E-state index contributed by atoms with van der Waals surface area (Å²) in [7, 11) is 0. The Kier molecular flexibility index (Phi) is 6.96. The van der Waals surface area contributed by atoms with E-state index >= 15 is 0 Å². The van der Waals surface area contributed by atoms with Gasteiger partial charge in [0.2, 0.25) is 11.8 Å². The van der Waals surface area contributed by atoms with Crippen LogP contribution in [0.3, 0.4) is 0 Å². The van der Waals surface area contributed by atoms with Crippen LogP contribution in [-0.2, 0) is 16.1 Å². The Labute approximate surface area is 145 Å². The number of carbonyl (C=O) groups excluding carboxylic acids is 2. The Balaban J connectivity index is 2.06. The fraction of sp³-hybridized carbons (Fsp3) is 0.500. The molecule has 0 radical (unpaired) electrons. The van der Waals surface area contributed by atoms with Gasteiger partial charge >= 0.3 is 0 Å². The minimum absolute atomic E-state index is 0.0118. The summed E-state index contributed by atoms with van der Waals surface area (Å²) in [5, 5.41) is 14.4. The van der Waals surface area contributed by atoms with E-state index in [1.54, 1.807) is 11.0 Å². The van der Waals surface area contributed by atoms with E-state index in [4.69, 9.17) is 16.7 Å². The minimum atomic E-state index is -0.677. The molecule has 8 heteroatoms. The number of nitrogens with one attached hydrogen (secondary N) is 2. The Morgan fingerprint density at radius 3 is 3.00 bits per heavy atom. The number of benzene rings is 1. The number of halogens is 2. The van der Waals surface area contributed by atoms with Gasteiger partial charge in [0.1, 0.15) is 5.82 Å². The van der Waals surface area contributed by atoms with Gasteiger partial charge in [-0.05, 0) is 18.6 Å². The van der Waals surface area contributed by atoms with Crippen LogP contribution in [0, 0.1) is 5.82 Å². The van der Waals surface area contributed by atoms with Gasteiger partial charge < -0.3 is 15.7 Å². The lowest BCUT2D eigenvalue weighted by Gasteiger charge is -2.35. The number of rotatable bonds is 7. The standard InChI is InChI=1S/C16H21ClFN3O3/c17-12-3-1-4-13(18)11(12)10-21-7-6-20-16(24)14(21)9-15(23)19-5-2-8-22/h1,3-4,14,22H,2,5-10H2,(H,19,23)(H,20,24). The van der Waals surface area contributed by atoms with Crippen molar-refractivity contribution in [1.29, 1.82) is 0 Å². The molecule has 1 saturated heterocycles. The Hall–Kier alpha value is -1.70. The van der Waals surface area contributed by atoms with Crippen molar-refractivity contribution in [2.24, 2.45) is 0 Å². The minimum Gasteiger partial charge on any atom is -0.396 e. The molecule has 6 nitrogen and oxygen atoms in total. The molecule has 24 heavy (non-hydrogen) atoms. The van der Waals surface area contributed by atoms with E-state index in [0.29, 0.717) is 36.6 Å². The molecule has 3 N–H and O–H groups in total. The molecule has 2 rings (SSSR count). The molecule has 132 valence electrons. The molecule has 0 spiro atoms. The maximum Gasteiger partial charge on any atom is 0.237 e. The van der Waals surface area contributed by atoms with Gasteiger partial charge in [-0.15, -0.1) is 0 Å². The van der Waals surface area contributed by atoms with Crippen molar-refractivity contribution < 1.29 is 19.1 Å². The average Bonchev–Trinajstić information content (AvgIpc) is 2.54. The second-order valence-electron chi connectivity index (χ2n) is 5.61. The molecule has 1 unspecified atom stereocenters. The highest BCUT2D eigenvalue weighted by atomic mass is 35.5. The fourth-order valence-electron chi connectivity index (χ4n) is 2.61. The number of hydrogen-bond acceptors (Lipinski definition) is 4. The van der Waals surface area contributed by atoms with Crippen molar-refractivity contribution in [2.75, 3.05) is 26.2 Å². The van der Waals surface area contributed by atoms with E-state index in [1.165, 1.54) is 12.1 Å². The quantitative estimate of drug-likeness (QED) is 0.626. The fourth-order valence-corrected chi connectivity index (χ4v) is 2.84. The van der Waals surface area contributed by atoms with Gasteiger partial charge in [-0.25, -0.2) is 4.39 Å². The van der Waals surface area contributed by atoms with Gasteiger partial charge in [-0.3, -0.25) is 14.5 Å². The highest BCUT2D eigenvalue weighted by Gasteiger charge is 2.32. The lowest BCUT2D eigenvalue weighted by atomic mass is 10.1. The van der Waals surface area contributed by atoms with Gasteiger partial charge in [0.05, 0.1) is 12.5 Å². The van der Waals surface area contributed by atoms with E-state index in [0.717, 1.165) is 0 Å². The van der Waals surface area contributed by atoms with Crippen LogP contribution >= 0.6 is 11.6 Å². The molecule has 2 amide bonds. The number of aliphatic hydroxyl groups is 1. The second-order valence-corrected chi connectivity index (χ2v) is 6.02. The van der Waals surface area contributed by atoms with Crippen molar-refractivity contribution in [3.05, 3.63) is 34.6 Å². The molecule has 1 aromatic carbocycles. The van der Waals surface area contributed by atoms with Crippen LogP contribution in [-0.4, -0.2) is 54.1 Å². The molecule has 1 aliphatic heterocycles. The molecular weight excluding hydrogens is 337 g/mol. The topological polar surface area (TPSA) is 81.7 Å². The first-order chi connectivity index (χ1) is 11.5. The lowest BCUT2D eigenvalue weighted by molar-refractivity contribution is -0.134. The van der Waals surface area contributed by atoms with Gasteiger partial charge in [-0.1, -0.05) is 17.7 Å². The third kappa shape index (κ3) is 4.90. The average molecular weight is 358 g/mol.